The minimum atomic E-state index is -1.54. The van der Waals surface area contributed by atoms with Crippen LogP contribution in [0.15, 0.2) is 49.3 Å². The summed E-state index contributed by atoms with van der Waals surface area (Å²) in [5, 5.41) is 56.0. The molecule has 2 amide bonds. The van der Waals surface area contributed by atoms with Crippen molar-refractivity contribution in [2.45, 2.75) is 138 Å². The number of carbonyl (C=O) groups excluding carboxylic acids is 2. The number of primary amides is 2. The summed E-state index contributed by atoms with van der Waals surface area (Å²) in [6.45, 7) is 14.3. The van der Waals surface area contributed by atoms with Crippen LogP contribution in [0.5, 0.6) is 0 Å². The predicted octanol–water partition coefficient (Wildman–Crippen LogP) is 5.50. The van der Waals surface area contributed by atoms with Crippen LogP contribution in [-0.4, -0.2) is 95.9 Å². The van der Waals surface area contributed by atoms with Crippen molar-refractivity contribution < 1.29 is 75.9 Å². The van der Waals surface area contributed by atoms with Crippen molar-refractivity contribution in [1.82, 2.24) is 0 Å². The van der Waals surface area contributed by atoms with E-state index in [2.05, 4.69) is 0 Å². The first-order chi connectivity index (χ1) is 29.0. The molecule has 19 heteroatoms. The van der Waals surface area contributed by atoms with Crippen LogP contribution >= 0.6 is 0 Å². The SMILES string of the molecule is C/C1=C2/[N-][C@H]([C@H](CC(=O)O)[C@@]2(C)CCC(=O)O)[C@]2(C)N=C(/C(C)=C3N=C(/C=C4N=C1[C@@H](CCC(=O)O)C\4(C)C)[C@@H](CCC(=O)O)[C@]\3(C)CC(N)=O)[C@@H](CCC(=O)O)[C@]2(C)CC(N)=O.[Co+3]. The molecule has 0 aliphatic carbocycles. The van der Waals surface area contributed by atoms with Gasteiger partial charge in [0.25, 0.3) is 0 Å². The summed E-state index contributed by atoms with van der Waals surface area (Å²) in [7, 11) is 0. The normalized spacial score (nSPS) is 35.6. The van der Waals surface area contributed by atoms with Crippen LogP contribution < -0.4 is 11.5 Å². The quantitative estimate of drug-likeness (QED) is 0.0896. The van der Waals surface area contributed by atoms with Crippen molar-refractivity contribution in [1.29, 1.82) is 0 Å². The van der Waals surface area contributed by atoms with Gasteiger partial charge in [0, 0.05) is 102 Å². The molecule has 5 rings (SSSR count). The Labute approximate surface area is 382 Å². The summed E-state index contributed by atoms with van der Waals surface area (Å²) in [6, 6.07) is -1.08. The van der Waals surface area contributed by atoms with Gasteiger partial charge in [-0.1, -0.05) is 40.7 Å². The molecule has 350 valence electrons. The summed E-state index contributed by atoms with van der Waals surface area (Å²) >= 11 is 0. The zero-order valence-electron chi connectivity index (χ0n) is 37.6. The molecule has 0 spiro atoms. The van der Waals surface area contributed by atoms with E-state index in [-0.39, 0.29) is 81.0 Å². The van der Waals surface area contributed by atoms with Gasteiger partial charge in [-0.05, 0) is 75.0 Å². The van der Waals surface area contributed by atoms with Gasteiger partial charge < -0.3 is 42.3 Å². The van der Waals surface area contributed by atoms with Crippen LogP contribution in [0.3, 0.4) is 0 Å². The number of nitrogens with zero attached hydrogens (tertiary/aromatic N) is 4. The van der Waals surface area contributed by atoms with Gasteiger partial charge in [0.1, 0.15) is 0 Å². The Morgan fingerprint density at radius 3 is 1.67 bits per heavy atom. The van der Waals surface area contributed by atoms with Crippen molar-refractivity contribution >= 4 is 58.8 Å². The van der Waals surface area contributed by atoms with E-state index in [4.69, 9.17) is 31.8 Å². The number of carbonyl (C=O) groups is 7. The molecule has 1 fully saturated rings. The van der Waals surface area contributed by atoms with E-state index in [0.29, 0.717) is 45.4 Å². The number of fused-ring (bicyclic) bond motifs is 6. The van der Waals surface area contributed by atoms with Crippen LogP contribution in [0.25, 0.3) is 5.32 Å². The maximum atomic E-state index is 13.3. The average Bonchev–Trinajstić information content (AvgIpc) is 3.75. The van der Waals surface area contributed by atoms with Crippen molar-refractivity contribution in [3.05, 3.63) is 39.6 Å². The van der Waals surface area contributed by atoms with Crippen LogP contribution in [0.4, 0.5) is 0 Å². The Balaban J connectivity index is 0.00000898. The Bertz CT molecular complexity index is 2230. The number of aliphatic imine (C=N–C) groups is 3. The third kappa shape index (κ3) is 9.06. The maximum absolute atomic E-state index is 13.3. The van der Waals surface area contributed by atoms with Gasteiger partial charge in [-0.3, -0.25) is 48.5 Å². The average molecular weight is 937 g/mol. The van der Waals surface area contributed by atoms with Gasteiger partial charge in [0.2, 0.25) is 11.8 Å². The molecule has 9 atom stereocenters. The second kappa shape index (κ2) is 18.4. The molecule has 0 aromatic carbocycles. The Morgan fingerprint density at radius 2 is 1.17 bits per heavy atom. The molecule has 64 heavy (non-hydrogen) atoms. The van der Waals surface area contributed by atoms with E-state index in [1.54, 1.807) is 47.6 Å². The predicted molar refractivity (Wildman–Crippen MR) is 231 cm³/mol. The second-order valence-corrected chi connectivity index (χ2v) is 19.5. The van der Waals surface area contributed by atoms with E-state index in [1.165, 1.54) is 0 Å². The fourth-order valence-electron chi connectivity index (χ4n) is 11.7. The standard InChI is InChI=1S/C45H62N6O12.Co/c1-21-36-24(10-13-32(56)57)41(3,4)28(49-36)18-27-23(9-12-31(54)55)43(6,19-29(46)52)39(48-27)22(2)37-25(11-14-33(58)59)44(7,20-30(47)53)45(8,51-37)40-26(17-35(62)63)42(5,38(21)50-40)16-15-34(60)61;/h18,23-26,40H,9-17,19-20H2,1-8H3,(H10,46,47,48,49,50,51,52,53,54,55,56,57,58,59,60,61,62,63);/q;+3/p-1/t23-,24-,25-,26+,40-,42-,43+,44+,45+;/m1./s1. The van der Waals surface area contributed by atoms with E-state index in [9.17, 15) is 59.1 Å². The van der Waals surface area contributed by atoms with E-state index < -0.39 is 105 Å². The third-order valence-electron chi connectivity index (χ3n) is 15.2. The van der Waals surface area contributed by atoms with Crippen molar-refractivity contribution in [3.63, 3.8) is 0 Å². The Kier molecular flexibility index (Phi) is 14.8. The number of nitrogens with two attached hydrogens (primary N) is 2. The molecule has 5 aliphatic heterocycles. The molecule has 0 saturated carbocycles. The molecule has 0 aromatic heterocycles. The number of amides is 2. The van der Waals surface area contributed by atoms with Gasteiger partial charge in [-0.15, -0.1) is 0 Å². The second-order valence-electron chi connectivity index (χ2n) is 19.5. The summed E-state index contributed by atoms with van der Waals surface area (Å²) in [5.74, 6) is -10.2. The molecule has 1 saturated heterocycles. The van der Waals surface area contributed by atoms with Gasteiger partial charge in [-0.2, -0.15) is 5.70 Å². The fraction of sp³-hybridized carbons (Fsp3) is 0.644. The molecule has 8 bridgehead atoms. The van der Waals surface area contributed by atoms with Gasteiger partial charge in [0.15, 0.2) is 0 Å². The van der Waals surface area contributed by atoms with Crippen molar-refractivity contribution in [2.75, 3.05) is 0 Å². The molecule has 9 N–H and O–H groups in total. The number of carboxylic acid groups (broad SMARTS) is 5. The molecule has 5 heterocycles. The van der Waals surface area contributed by atoms with Crippen LogP contribution in [0, 0.1) is 45.3 Å². The molecule has 0 unspecified atom stereocenters. The minimum Gasteiger partial charge on any atom is -0.682 e. The first-order valence-electron chi connectivity index (χ1n) is 21.3. The fourth-order valence-corrected chi connectivity index (χ4v) is 11.7. The first kappa shape index (κ1) is 51.5. The number of allylic oxidation sites excluding steroid dienone is 6. The summed E-state index contributed by atoms with van der Waals surface area (Å²) in [4.78, 5) is 104. The van der Waals surface area contributed by atoms with Gasteiger partial charge >= 0.3 is 46.6 Å². The number of hydrogen-bond donors (Lipinski definition) is 7. The van der Waals surface area contributed by atoms with Gasteiger partial charge in [0.05, 0.1) is 11.2 Å². The number of rotatable bonds is 18. The summed E-state index contributed by atoms with van der Waals surface area (Å²) < 4.78 is 0. The Morgan fingerprint density at radius 1 is 0.656 bits per heavy atom. The maximum Gasteiger partial charge on any atom is 3.00 e. The summed E-state index contributed by atoms with van der Waals surface area (Å²) in [6.07, 6.45) is -0.675. The zero-order valence-corrected chi connectivity index (χ0v) is 38.7. The van der Waals surface area contributed by atoms with Crippen molar-refractivity contribution in [2.24, 2.45) is 71.8 Å². The topological polar surface area (TPSA) is 324 Å². The monoisotopic (exact) mass is 936 g/mol. The molecule has 0 radical (unpaired) electrons. The van der Waals surface area contributed by atoms with Crippen LogP contribution in [0.2, 0.25) is 0 Å². The van der Waals surface area contributed by atoms with Crippen LogP contribution in [-0.2, 0) is 50.3 Å². The van der Waals surface area contributed by atoms with E-state index >= 15 is 0 Å². The number of carboxylic acids is 5. The summed E-state index contributed by atoms with van der Waals surface area (Å²) in [5.41, 5.74) is 8.91. The van der Waals surface area contributed by atoms with E-state index in [1.807, 2.05) is 13.8 Å². The molecular weight excluding hydrogens is 875 g/mol. The third-order valence-corrected chi connectivity index (χ3v) is 15.2. The van der Waals surface area contributed by atoms with Gasteiger partial charge in [-0.25, -0.2) is 0 Å². The molecule has 5 aliphatic rings. The number of aliphatic carboxylic acids is 5. The largest absolute Gasteiger partial charge is 3.00 e. The smallest absolute Gasteiger partial charge is 0.682 e. The molecule has 0 aromatic rings. The number of hydrogen-bond acceptors (Lipinski definition) is 10. The first-order valence-corrected chi connectivity index (χ1v) is 21.3. The van der Waals surface area contributed by atoms with Crippen molar-refractivity contribution in [3.8, 4) is 0 Å². The molecule has 18 nitrogen and oxygen atoms in total. The molecular formula is C45H61CoN6O12+2. The van der Waals surface area contributed by atoms with E-state index in [0.717, 1.165) is 0 Å². The van der Waals surface area contributed by atoms with Crippen LogP contribution in [0.1, 0.15) is 126 Å². The minimum absolute atomic E-state index is 0. The Hall–Kier alpha value is -5.17. The zero-order chi connectivity index (χ0) is 47.4.